The van der Waals surface area contributed by atoms with Crippen LogP contribution in [0.2, 0.25) is 5.02 Å². The molecule has 1 aliphatic heterocycles. The van der Waals surface area contributed by atoms with E-state index < -0.39 is 24.4 Å². The molecule has 6 heteroatoms. The van der Waals surface area contributed by atoms with E-state index in [1.165, 1.54) is 0 Å². The number of aliphatic hydroxyl groups excluding tert-OH is 1. The summed E-state index contributed by atoms with van der Waals surface area (Å²) in [5.74, 6) is 0. The first-order valence-electron chi connectivity index (χ1n) is 10.7. The highest BCUT2D eigenvalue weighted by molar-refractivity contribution is 7.99. The number of aliphatic hydroxyl groups is 1. The van der Waals surface area contributed by atoms with Gasteiger partial charge in [-0.25, -0.2) is 0 Å². The molecule has 5 atom stereocenters. The second-order valence-corrected chi connectivity index (χ2v) is 9.40. The maximum absolute atomic E-state index is 10.9. The van der Waals surface area contributed by atoms with Crippen LogP contribution in [0.5, 0.6) is 0 Å². The number of benzene rings is 3. The van der Waals surface area contributed by atoms with E-state index in [1.54, 1.807) is 11.8 Å². The molecule has 1 heterocycles. The van der Waals surface area contributed by atoms with Crippen LogP contribution in [-0.2, 0) is 27.4 Å². The molecular weight excluding hydrogens is 444 g/mol. The molecule has 0 aromatic heterocycles. The highest BCUT2D eigenvalue weighted by Gasteiger charge is 2.45. The topological polar surface area (TPSA) is 47.9 Å². The predicted molar refractivity (Wildman–Crippen MR) is 128 cm³/mol. The minimum absolute atomic E-state index is 0.348. The fourth-order valence-electron chi connectivity index (χ4n) is 3.63. The van der Waals surface area contributed by atoms with Gasteiger partial charge in [0.1, 0.15) is 23.7 Å². The van der Waals surface area contributed by atoms with Gasteiger partial charge in [0.05, 0.1) is 19.3 Å². The van der Waals surface area contributed by atoms with Gasteiger partial charge in [0.25, 0.3) is 0 Å². The average Bonchev–Trinajstić information content (AvgIpc) is 2.82. The summed E-state index contributed by atoms with van der Waals surface area (Å²) >= 11 is 7.60. The summed E-state index contributed by atoms with van der Waals surface area (Å²) in [4.78, 5) is 1.01. The Morgan fingerprint density at radius 3 is 1.91 bits per heavy atom. The summed E-state index contributed by atoms with van der Waals surface area (Å²) in [6.45, 7) is 2.66. The Labute approximate surface area is 198 Å². The quantitative estimate of drug-likeness (QED) is 0.457. The van der Waals surface area contributed by atoms with Gasteiger partial charge < -0.3 is 19.3 Å². The molecule has 0 aliphatic carbocycles. The second kappa shape index (κ2) is 11.3. The normalized spacial score (nSPS) is 25.5. The van der Waals surface area contributed by atoms with E-state index >= 15 is 0 Å². The van der Waals surface area contributed by atoms with Crippen molar-refractivity contribution >= 4 is 23.4 Å². The van der Waals surface area contributed by atoms with E-state index in [0.29, 0.717) is 18.2 Å². The van der Waals surface area contributed by atoms with E-state index in [9.17, 15) is 5.11 Å². The van der Waals surface area contributed by atoms with Crippen molar-refractivity contribution in [2.45, 2.75) is 54.9 Å². The smallest absolute Gasteiger partial charge is 0.136 e. The molecule has 0 radical (unpaired) electrons. The molecule has 4 nitrogen and oxygen atoms in total. The molecule has 3 aromatic carbocycles. The van der Waals surface area contributed by atoms with Crippen molar-refractivity contribution in [2.24, 2.45) is 0 Å². The van der Waals surface area contributed by atoms with Gasteiger partial charge in [-0.15, -0.1) is 0 Å². The average molecular weight is 471 g/mol. The molecule has 3 aromatic rings. The van der Waals surface area contributed by atoms with Crippen LogP contribution >= 0.6 is 23.4 Å². The number of rotatable bonds is 8. The number of halogens is 1. The molecule has 0 saturated carbocycles. The van der Waals surface area contributed by atoms with Gasteiger partial charge in [0.15, 0.2) is 0 Å². The number of hydrogen-bond donors (Lipinski definition) is 1. The van der Waals surface area contributed by atoms with Crippen molar-refractivity contribution in [3.05, 3.63) is 101 Å². The third-order valence-corrected chi connectivity index (χ3v) is 6.80. The first-order chi connectivity index (χ1) is 15.6. The Balaban J connectivity index is 1.54. The molecule has 0 amide bonds. The standard InChI is InChI=1S/C26H27ClO4S/c1-18-23(28)24(29-16-19-8-4-2-5-9-19)25(30-17-20-10-6-3-7-11-20)26(31-18)32-22-14-12-21(27)13-15-22/h2-15,18,23-26,28H,16-17H2,1H3/t18-,23+,24+,25-,26+/m0/s1. The first kappa shape index (κ1) is 23.3. The second-order valence-electron chi connectivity index (χ2n) is 7.79. The SMILES string of the molecule is C[C@@H]1O[C@H](Sc2ccc(Cl)cc2)[C@@H](OCc2ccccc2)[C@H](OCc2ccccc2)[C@@H]1O. The predicted octanol–water partition coefficient (Wildman–Crippen LogP) is 5.71. The molecular formula is C26H27ClO4S. The largest absolute Gasteiger partial charge is 0.388 e. The fraction of sp³-hybridized carbons (Fsp3) is 0.308. The zero-order valence-electron chi connectivity index (χ0n) is 17.8. The van der Waals surface area contributed by atoms with Crippen LogP contribution in [0, 0.1) is 0 Å². The lowest BCUT2D eigenvalue weighted by atomic mass is 10.00. The van der Waals surface area contributed by atoms with Crippen molar-refractivity contribution in [1.82, 2.24) is 0 Å². The highest BCUT2D eigenvalue weighted by Crippen LogP contribution is 2.37. The van der Waals surface area contributed by atoms with Gasteiger partial charge in [0, 0.05) is 9.92 Å². The van der Waals surface area contributed by atoms with Crippen molar-refractivity contribution < 1.29 is 19.3 Å². The van der Waals surface area contributed by atoms with Crippen LogP contribution in [0.25, 0.3) is 0 Å². The van der Waals surface area contributed by atoms with Crippen molar-refractivity contribution in [3.63, 3.8) is 0 Å². The van der Waals surface area contributed by atoms with Crippen LogP contribution in [0.4, 0.5) is 0 Å². The van der Waals surface area contributed by atoms with Crippen molar-refractivity contribution in [1.29, 1.82) is 0 Å². The molecule has 1 saturated heterocycles. The van der Waals surface area contributed by atoms with Gasteiger partial charge in [-0.2, -0.15) is 0 Å². The van der Waals surface area contributed by atoms with Crippen molar-refractivity contribution in [2.75, 3.05) is 0 Å². The van der Waals surface area contributed by atoms with Crippen LogP contribution in [0.1, 0.15) is 18.1 Å². The lowest BCUT2D eigenvalue weighted by Crippen LogP contribution is -2.57. The lowest BCUT2D eigenvalue weighted by molar-refractivity contribution is -0.228. The molecule has 1 aliphatic rings. The minimum Gasteiger partial charge on any atom is -0.388 e. The Morgan fingerprint density at radius 1 is 0.812 bits per heavy atom. The molecule has 1 fully saturated rings. The zero-order chi connectivity index (χ0) is 22.3. The molecule has 0 spiro atoms. The summed E-state index contributed by atoms with van der Waals surface area (Å²) in [5, 5.41) is 11.6. The van der Waals surface area contributed by atoms with Crippen LogP contribution in [-0.4, -0.2) is 35.0 Å². The Kier molecular flexibility index (Phi) is 8.25. The summed E-state index contributed by atoms with van der Waals surface area (Å²) in [6, 6.07) is 27.5. The summed E-state index contributed by atoms with van der Waals surface area (Å²) in [5.41, 5.74) is 1.75. The third kappa shape index (κ3) is 6.13. The third-order valence-electron chi connectivity index (χ3n) is 5.39. The summed E-state index contributed by atoms with van der Waals surface area (Å²) in [7, 11) is 0. The molecule has 0 bridgehead atoms. The molecule has 168 valence electrons. The van der Waals surface area contributed by atoms with Gasteiger partial charge >= 0.3 is 0 Å². The maximum Gasteiger partial charge on any atom is 0.136 e. The van der Waals surface area contributed by atoms with Gasteiger partial charge in [-0.05, 0) is 42.3 Å². The molecule has 4 rings (SSSR count). The maximum atomic E-state index is 10.9. The monoisotopic (exact) mass is 470 g/mol. The minimum atomic E-state index is -0.804. The number of hydrogen-bond acceptors (Lipinski definition) is 5. The highest BCUT2D eigenvalue weighted by atomic mass is 35.5. The van der Waals surface area contributed by atoms with Crippen LogP contribution in [0.3, 0.4) is 0 Å². The van der Waals surface area contributed by atoms with E-state index in [0.717, 1.165) is 16.0 Å². The van der Waals surface area contributed by atoms with E-state index in [-0.39, 0.29) is 5.44 Å². The molecule has 1 N–H and O–H groups in total. The van der Waals surface area contributed by atoms with Gasteiger partial charge in [0.2, 0.25) is 0 Å². The Bertz CT molecular complexity index is 955. The van der Waals surface area contributed by atoms with E-state index in [1.807, 2.05) is 91.9 Å². The van der Waals surface area contributed by atoms with E-state index in [4.69, 9.17) is 25.8 Å². The number of thioether (sulfide) groups is 1. The Morgan fingerprint density at radius 2 is 1.34 bits per heavy atom. The van der Waals surface area contributed by atoms with E-state index in [2.05, 4.69) is 0 Å². The van der Waals surface area contributed by atoms with Crippen LogP contribution in [0.15, 0.2) is 89.8 Å². The molecule has 32 heavy (non-hydrogen) atoms. The fourth-order valence-corrected chi connectivity index (χ4v) is 4.91. The van der Waals surface area contributed by atoms with Crippen molar-refractivity contribution in [3.8, 4) is 0 Å². The summed E-state index contributed by atoms with van der Waals surface area (Å²) < 4.78 is 18.8. The van der Waals surface area contributed by atoms with Gasteiger partial charge in [-0.1, -0.05) is 84.0 Å². The number of ether oxygens (including phenoxy) is 3. The van der Waals surface area contributed by atoms with Gasteiger partial charge in [-0.3, -0.25) is 0 Å². The summed E-state index contributed by atoms with van der Waals surface area (Å²) in [6.07, 6.45) is -2.20. The van der Waals surface area contributed by atoms with Crippen LogP contribution < -0.4 is 0 Å². The first-order valence-corrected chi connectivity index (χ1v) is 11.9. The zero-order valence-corrected chi connectivity index (χ0v) is 19.4. The lowest BCUT2D eigenvalue weighted by Gasteiger charge is -2.43. The molecule has 0 unspecified atom stereocenters. The Hall–Kier alpha value is -1.86.